The summed E-state index contributed by atoms with van der Waals surface area (Å²) in [5.74, 6) is 0.215. The first-order valence-electron chi connectivity index (χ1n) is 8.09. The largest absolute Gasteiger partial charge is 0.508 e. The number of benzene rings is 2. The van der Waals surface area contributed by atoms with E-state index in [1.54, 1.807) is 48.6 Å². The lowest BCUT2D eigenvalue weighted by atomic mass is 10.2. The number of esters is 1. The minimum atomic E-state index is -0.454. The topological polar surface area (TPSA) is 46.5 Å². The van der Waals surface area contributed by atoms with E-state index in [0.717, 1.165) is 11.1 Å². The highest BCUT2D eigenvalue weighted by Gasteiger charge is 2.00. The number of rotatable bonds is 4. The number of hydrogen-bond acceptors (Lipinski definition) is 3. The zero-order valence-electron chi connectivity index (χ0n) is 14.8. The van der Waals surface area contributed by atoms with Gasteiger partial charge in [0.2, 0.25) is 0 Å². The number of aromatic hydroxyl groups is 1. The van der Waals surface area contributed by atoms with Crippen LogP contribution in [0.1, 0.15) is 38.8 Å². The SMILES string of the molecule is C=Cc1ccc(OC(=O)/C=C/c2ccc(O)cc2)cc1.CC.CC. The van der Waals surface area contributed by atoms with Gasteiger partial charge in [0.25, 0.3) is 0 Å². The highest BCUT2D eigenvalue weighted by molar-refractivity contribution is 5.88. The molecule has 0 amide bonds. The van der Waals surface area contributed by atoms with Gasteiger partial charge in [-0.2, -0.15) is 0 Å². The number of ether oxygens (including phenoxy) is 1. The van der Waals surface area contributed by atoms with Crippen molar-refractivity contribution in [1.82, 2.24) is 0 Å². The minimum Gasteiger partial charge on any atom is -0.508 e. The number of phenolic OH excluding ortho intramolecular Hbond substituents is 1. The van der Waals surface area contributed by atoms with Crippen LogP contribution in [0.25, 0.3) is 12.2 Å². The van der Waals surface area contributed by atoms with Gasteiger partial charge in [-0.1, -0.05) is 64.6 Å². The second-order valence-corrected chi connectivity index (χ2v) is 4.12. The van der Waals surface area contributed by atoms with Crippen molar-refractivity contribution in [2.45, 2.75) is 27.7 Å². The Morgan fingerprint density at radius 1 is 0.917 bits per heavy atom. The lowest BCUT2D eigenvalue weighted by Gasteiger charge is -2.01. The smallest absolute Gasteiger partial charge is 0.336 e. The Kier molecular flexibility index (Phi) is 11.2. The average molecular weight is 326 g/mol. The standard InChI is InChI=1S/C17H14O3.2C2H6/c1-2-13-5-10-16(11-6-13)20-17(19)12-7-14-3-8-15(18)9-4-14;2*1-2/h2-12,18H,1H2;2*1-2H3/b12-7+;;. The third kappa shape index (κ3) is 7.99. The maximum absolute atomic E-state index is 11.6. The third-order valence-corrected chi connectivity index (χ3v) is 2.64. The number of carbonyl (C=O) groups excluding carboxylic acids is 1. The fourth-order valence-electron chi connectivity index (χ4n) is 1.57. The Hall–Kier alpha value is -2.81. The van der Waals surface area contributed by atoms with Crippen LogP contribution in [0.2, 0.25) is 0 Å². The van der Waals surface area contributed by atoms with Gasteiger partial charge in [0.15, 0.2) is 0 Å². The number of hydrogen-bond donors (Lipinski definition) is 1. The summed E-state index contributed by atoms with van der Waals surface area (Å²) in [7, 11) is 0. The van der Waals surface area contributed by atoms with E-state index in [4.69, 9.17) is 9.84 Å². The molecule has 0 saturated heterocycles. The molecule has 1 N–H and O–H groups in total. The summed E-state index contributed by atoms with van der Waals surface area (Å²) < 4.78 is 5.15. The average Bonchev–Trinajstić information content (AvgIpc) is 2.65. The van der Waals surface area contributed by atoms with Crippen LogP contribution in [0, 0.1) is 0 Å². The molecule has 0 saturated carbocycles. The van der Waals surface area contributed by atoms with Crippen LogP contribution in [-0.2, 0) is 4.79 Å². The first kappa shape index (κ1) is 21.2. The fraction of sp³-hybridized carbons (Fsp3) is 0.190. The van der Waals surface area contributed by atoms with Gasteiger partial charge in [-0.15, -0.1) is 0 Å². The van der Waals surface area contributed by atoms with Crippen molar-refractivity contribution in [1.29, 1.82) is 0 Å². The molecule has 0 aliphatic carbocycles. The first-order chi connectivity index (χ1) is 11.7. The normalized spacial score (nSPS) is 9.17. The highest BCUT2D eigenvalue weighted by atomic mass is 16.5. The fourth-order valence-corrected chi connectivity index (χ4v) is 1.57. The molecule has 2 rings (SSSR count). The van der Waals surface area contributed by atoms with Crippen molar-refractivity contribution >= 4 is 18.1 Å². The molecule has 0 heterocycles. The first-order valence-corrected chi connectivity index (χ1v) is 8.09. The zero-order chi connectivity index (χ0) is 18.4. The molecular formula is C21H26O3. The maximum Gasteiger partial charge on any atom is 0.336 e. The van der Waals surface area contributed by atoms with Crippen LogP contribution in [0.3, 0.4) is 0 Å². The number of carbonyl (C=O) groups is 1. The maximum atomic E-state index is 11.6. The van der Waals surface area contributed by atoms with Gasteiger partial charge in [0.05, 0.1) is 0 Å². The molecule has 0 fully saturated rings. The lowest BCUT2D eigenvalue weighted by Crippen LogP contribution is -2.03. The van der Waals surface area contributed by atoms with E-state index in [9.17, 15) is 4.79 Å². The molecule has 0 atom stereocenters. The molecule has 0 bridgehead atoms. The third-order valence-electron chi connectivity index (χ3n) is 2.64. The summed E-state index contributed by atoms with van der Waals surface area (Å²) in [4.78, 5) is 11.6. The molecule has 0 unspecified atom stereocenters. The van der Waals surface area contributed by atoms with Crippen molar-refractivity contribution < 1.29 is 14.6 Å². The molecule has 0 radical (unpaired) electrons. The van der Waals surface area contributed by atoms with E-state index in [1.165, 1.54) is 6.08 Å². The van der Waals surface area contributed by atoms with E-state index in [-0.39, 0.29) is 5.75 Å². The molecule has 0 spiro atoms. The second-order valence-electron chi connectivity index (χ2n) is 4.12. The van der Waals surface area contributed by atoms with Crippen molar-refractivity contribution in [3.63, 3.8) is 0 Å². The quantitative estimate of drug-likeness (QED) is 0.445. The van der Waals surface area contributed by atoms with E-state index in [0.29, 0.717) is 5.75 Å². The van der Waals surface area contributed by atoms with Gasteiger partial charge < -0.3 is 9.84 Å². The molecule has 2 aromatic rings. The Bertz CT molecular complexity index is 623. The van der Waals surface area contributed by atoms with Crippen molar-refractivity contribution in [2.24, 2.45) is 0 Å². The van der Waals surface area contributed by atoms with Crippen molar-refractivity contribution in [3.8, 4) is 11.5 Å². The molecule has 0 aliphatic rings. The van der Waals surface area contributed by atoms with Crippen molar-refractivity contribution in [2.75, 3.05) is 0 Å². The summed E-state index contributed by atoms with van der Waals surface area (Å²) in [6, 6.07) is 13.6. The van der Waals surface area contributed by atoms with Gasteiger partial charge >= 0.3 is 5.97 Å². The van der Waals surface area contributed by atoms with Gasteiger partial charge in [-0.05, 0) is 41.5 Å². The second kappa shape index (κ2) is 12.7. The summed E-state index contributed by atoms with van der Waals surface area (Å²) in [5.41, 5.74) is 1.77. The predicted molar refractivity (Wildman–Crippen MR) is 102 cm³/mol. The predicted octanol–water partition coefficient (Wildman–Crippen LogP) is 5.71. The van der Waals surface area contributed by atoms with Crippen LogP contribution in [0.4, 0.5) is 0 Å². The number of phenols is 1. The van der Waals surface area contributed by atoms with E-state index >= 15 is 0 Å². The van der Waals surface area contributed by atoms with Crippen molar-refractivity contribution in [3.05, 3.63) is 72.3 Å². The van der Waals surface area contributed by atoms with Crippen LogP contribution in [0.15, 0.2) is 61.2 Å². The zero-order valence-corrected chi connectivity index (χ0v) is 14.8. The van der Waals surface area contributed by atoms with Crippen LogP contribution >= 0.6 is 0 Å². The monoisotopic (exact) mass is 326 g/mol. The molecule has 128 valence electrons. The summed E-state index contributed by atoms with van der Waals surface area (Å²) in [5, 5.41) is 9.15. The molecule has 0 aliphatic heterocycles. The van der Waals surface area contributed by atoms with Crippen LogP contribution in [0.5, 0.6) is 11.5 Å². The van der Waals surface area contributed by atoms with E-state index in [2.05, 4.69) is 6.58 Å². The van der Waals surface area contributed by atoms with Gasteiger partial charge in [0.1, 0.15) is 11.5 Å². The van der Waals surface area contributed by atoms with Crippen LogP contribution in [-0.4, -0.2) is 11.1 Å². The highest BCUT2D eigenvalue weighted by Crippen LogP contribution is 2.14. The summed E-state index contributed by atoms with van der Waals surface area (Å²) >= 11 is 0. The molecule has 2 aromatic carbocycles. The molecule has 3 nitrogen and oxygen atoms in total. The minimum absolute atomic E-state index is 0.187. The Labute approximate surface area is 144 Å². The summed E-state index contributed by atoms with van der Waals surface area (Å²) in [6.45, 7) is 11.7. The summed E-state index contributed by atoms with van der Waals surface area (Å²) in [6.07, 6.45) is 4.68. The van der Waals surface area contributed by atoms with Crippen LogP contribution < -0.4 is 4.74 Å². The Morgan fingerprint density at radius 3 is 1.92 bits per heavy atom. The van der Waals surface area contributed by atoms with Gasteiger partial charge in [0, 0.05) is 6.08 Å². The van der Waals surface area contributed by atoms with Gasteiger partial charge in [-0.3, -0.25) is 0 Å². The molecule has 3 heteroatoms. The Morgan fingerprint density at radius 2 is 1.42 bits per heavy atom. The van der Waals surface area contributed by atoms with E-state index in [1.807, 2.05) is 39.8 Å². The molecule has 24 heavy (non-hydrogen) atoms. The van der Waals surface area contributed by atoms with E-state index < -0.39 is 5.97 Å². The molecule has 0 aromatic heterocycles. The van der Waals surface area contributed by atoms with Gasteiger partial charge in [-0.25, -0.2) is 4.79 Å². The Balaban J connectivity index is 0.00000123. The lowest BCUT2D eigenvalue weighted by molar-refractivity contribution is -0.128. The molecular weight excluding hydrogens is 300 g/mol.